The molecule has 3 N–H and O–H groups in total. The Labute approximate surface area is 124 Å². The van der Waals surface area contributed by atoms with Crippen LogP contribution in [0.2, 0.25) is 0 Å². The van der Waals surface area contributed by atoms with Gasteiger partial charge in [-0.1, -0.05) is 24.3 Å². The molecule has 0 saturated heterocycles. The lowest BCUT2D eigenvalue weighted by Crippen LogP contribution is -2.47. The molecule has 4 heteroatoms. The number of thioether (sulfide) groups is 1. The van der Waals surface area contributed by atoms with Gasteiger partial charge in [0.1, 0.15) is 6.04 Å². The van der Waals surface area contributed by atoms with Gasteiger partial charge >= 0.3 is 5.97 Å². The summed E-state index contributed by atoms with van der Waals surface area (Å²) in [5.74, 6) is 0.530. The predicted octanol–water partition coefficient (Wildman–Crippen LogP) is 3.03. The van der Waals surface area contributed by atoms with Crippen LogP contribution < -0.4 is 5.73 Å². The molecule has 1 aromatic rings. The van der Waals surface area contributed by atoms with Crippen LogP contribution in [0.15, 0.2) is 24.3 Å². The molecular weight excluding hydrogens is 270 g/mol. The standard InChI is InChI=1S/C16H23NO2S/c1-16(2,14(17)15(18)19)20-10-12-8-5-7-11-6-3-4-9-13(11)12/h3-4,6,9,12,14H,5,7-8,10,17H2,1-2H3,(H,18,19)/t12?,14-/m1/s1. The van der Waals surface area contributed by atoms with Gasteiger partial charge in [-0.15, -0.1) is 0 Å². The summed E-state index contributed by atoms with van der Waals surface area (Å²) < 4.78 is -0.446. The van der Waals surface area contributed by atoms with Crippen molar-refractivity contribution in [2.45, 2.75) is 49.8 Å². The number of hydrogen-bond acceptors (Lipinski definition) is 3. The highest BCUT2D eigenvalue weighted by Gasteiger charge is 2.33. The molecule has 20 heavy (non-hydrogen) atoms. The van der Waals surface area contributed by atoms with Crippen LogP contribution >= 0.6 is 11.8 Å². The molecule has 2 atom stereocenters. The molecule has 1 unspecified atom stereocenters. The number of rotatable bonds is 5. The number of aliphatic carboxylic acids is 1. The van der Waals surface area contributed by atoms with Crippen molar-refractivity contribution >= 4 is 17.7 Å². The molecule has 0 spiro atoms. The van der Waals surface area contributed by atoms with Crippen LogP contribution in [0.25, 0.3) is 0 Å². The number of hydrogen-bond donors (Lipinski definition) is 2. The molecule has 0 aromatic heterocycles. The molecule has 0 saturated carbocycles. The van der Waals surface area contributed by atoms with Crippen molar-refractivity contribution in [2.24, 2.45) is 5.73 Å². The average molecular weight is 293 g/mol. The Morgan fingerprint density at radius 2 is 2.20 bits per heavy atom. The molecule has 0 amide bonds. The van der Waals surface area contributed by atoms with Gasteiger partial charge in [0.25, 0.3) is 0 Å². The van der Waals surface area contributed by atoms with E-state index >= 15 is 0 Å². The first kappa shape index (κ1) is 15.4. The number of carboxylic acids is 1. The fourth-order valence-corrected chi connectivity index (χ4v) is 3.99. The van der Waals surface area contributed by atoms with Crippen molar-refractivity contribution in [3.05, 3.63) is 35.4 Å². The number of carboxylic acid groups (broad SMARTS) is 1. The van der Waals surface area contributed by atoms with Gasteiger partial charge in [-0.05, 0) is 50.2 Å². The lowest BCUT2D eigenvalue weighted by Gasteiger charge is -2.32. The minimum atomic E-state index is -0.924. The first-order chi connectivity index (χ1) is 9.42. The average Bonchev–Trinajstić information content (AvgIpc) is 2.44. The van der Waals surface area contributed by atoms with Crippen LogP contribution in [-0.2, 0) is 11.2 Å². The molecule has 3 nitrogen and oxygen atoms in total. The number of carbonyl (C=O) groups is 1. The van der Waals surface area contributed by atoms with Gasteiger partial charge in [-0.3, -0.25) is 4.79 Å². The zero-order valence-corrected chi connectivity index (χ0v) is 13.0. The molecule has 1 aliphatic carbocycles. The third-order valence-corrected chi connectivity index (χ3v) is 5.73. The van der Waals surface area contributed by atoms with Gasteiger partial charge in [0.05, 0.1) is 0 Å². The van der Waals surface area contributed by atoms with Crippen LogP contribution in [0.3, 0.4) is 0 Å². The molecular formula is C16H23NO2S. The largest absolute Gasteiger partial charge is 0.480 e. The van der Waals surface area contributed by atoms with Crippen molar-refractivity contribution in [3.63, 3.8) is 0 Å². The number of fused-ring (bicyclic) bond motifs is 1. The second kappa shape index (κ2) is 6.19. The molecule has 1 aromatic carbocycles. The summed E-state index contributed by atoms with van der Waals surface area (Å²) in [6, 6.07) is 7.78. The maximum atomic E-state index is 11.1. The fraction of sp³-hybridized carbons (Fsp3) is 0.562. The zero-order chi connectivity index (χ0) is 14.8. The van der Waals surface area contributed by atoms with Gasteiger partial charge in [-0.2, -0.15) is 11.8 Å². The van der Waals surface area contributed by atoms with Gasteiger partial charge in [0.2, 0.25) is 0 Å². The van der Waals surface area contributed by atoms with E-state index < -0.39 is 16.8 Å². The van der Waals surface area contributed by atoms with Crippen molar-refractivity contribution in [3.8, 4) is 0 Å². The monoisotopic (exact) mass is 293 g/mol. The summed E-state index contributed by atoms with van der Waals surface area (Å²) in [7, 11) is 0. The zero-order valence-electron chi connectivity index (χ0n) is 12.1. The highest BCUT2D eigenvalue weighted by Crippen LogP contribution is 2.38. The molecule has 2 rings (SSSR count). The second-order valence-corrected chi connectivity index (χ2v) is 7.69. The number of aryl methyl sites for hydroxylation is 1. The van der Waals surface area contributed by atoms with E-state index in [1.807, 2.05) is 13.8 Å². The van der Waals surface area contributed by atoms with Crippen LogP contribution in [-0.4, -0.2) is 27.6 Å². The summed E-state index contributed by atoms with van der Waals surface area (Å²) in [6.07, 6.45) is 3.56. The van der Waals surface area contributed by atoms with Gasteiger partial charge in [-0.25, -0.2) is 0 Å². The Morgan fingerprint density at radius 3 is 2.90 bits per heavy atom. The summed E-state index contributed by atoms with van der Waals surface area (Å²) in [5, 5.41) is 9.07. The molecule has 0 aliphatic heterocycles. The minimum Gasteiger partial charge on any atom is -0.480 e. The smallest absolute Gasteiger partial charge is 0.321 e. The van der Waals surface area contributed by atoms with E-state index in [2.05, 4.69) is 24.3 Å². The molecule has 0 fully saturated rings. The predicted molar refractivity (Wildman–Crippen MR) is 84.3 cm³/mol. The number of benzene rings is 1. The quantitative estimate of drug-likeness (QED) is 0.876. The summed E-state index contributed by atoms with van der Waals surface area (Å²) in [5.41, 5.74) is 8.67. The van der Waals surface area contributed by atoms with E-state index in [4.69, 9.17) is 10.8 Å². The third kappa shape index (κ3) is 3.36. The Bertz CT molecular complexity index is 487. The van der Waals surface area contributed by atoms with Crippen LogP contribution in [0.5, 0.6) is 0 Å². The summed E-state index contributed by atoms with van der Waals surface area (Å²) >= 11 is 1.68. The van der Waals surface area contributed by atoms with E-state index in [0.717, 1.165) is 12.2 Å². The summed E-state index contributed by atoms with van der Waals surface area (Å²) in [4.78, 5) is 11.1. The summed E-state index contributed by atoms with van der Waals surface area (Å²) in [6.45, 7) is 3.84. The van der Waals surface area contributed by atoms with Crippen molar-refractivity contribution < 1.29 is 9.90 Å². The normalized spacial score (nSPS) is 20.2. The van der Waals surface area contributed by atoms with E-state index in [1.54, 1.807) is 11.8 Å². The molecule has 0 radical (unpaired) electrons. The van der Waals surface area contributed by atoms with E-state index in [0.29, 0.717) is 5.92 Å². The lowest BCUT2D eigenvalue weighted by molar-refractivity contribution is -0.139. The van der Waals surface area contributed by atoms with Crippen LogP contribution in [0.4, 0.5) is 0 Å². The van der Waals surface area contributed by atoms with Crippen molar-refractivity contribution in [2.75, 3.05) is 5.75 Å². The Kier molecular flexibility index (Phi) is 4.76. The SMILES string of the molecule is CC(C)(SCC1CCCc2ccccc21)[C@H](N)C(=O)O. The minimum absolute atomic E-state index is 0.446. The molecule has 1 aliphatic rings. The third-order valence-electron chi connectivity index (χ3n) is 4.17. The molecule has 0 heterocycles. The van der Waals surface area contributed by atoms with Crippen molar-refractivity contribution in [1.82, 2.24) is 0 Å². The Balaban J connectivity index is 2.04. The fourth-order valence-electron chi connectivity index (χ4n) is 2.73. The van der Waals surface area contributed by atoms with E-state index in [1.165, 1.54) is 24.0 Å². The van der Waals surface area contributed by atoms with E-state index in [-0.39, 0.29) is 0 Å². The van der Waals surface area contributed by atoms with Crippen LogP contribution in [0.1, 0.15) is 43.7 Å². The lowest BCUT2D eigenvalue weighted by atomic mass is 9.84. The highest BCUT2D eigenvalue weighted by atomic mass is 32.2. The molecule has 110 valence electrons. The van der Waals surface area contributed by atoms with Gasteiger partial charge in [0.15, 0.2) is 0 Å². The van der Waals surface area contributed by atoms with Gasteiger partial charge in [0, 0.05) is 10.5 Å². The number of nitrogens with two attached hydrogens (primary N) is 1. The Hall–Kier alpha value is -1.00. The first-order valence-electron chi connectivity index (χ1n) is 7.12. The highest BCUT2D eigenvalue weighted by molar-refractivity contribution is 8.00. The molecule has 0 bridgehead atoms. The van der Waals surface area contributed by atoms with Crippen LogP contribution in [0, 0.1) is 0 Å². The first-order valence-corrected chi connectivity index (χ1v) is 8.10. The van der Waals surface area contributed by atoms with Crippen molar-refractivity contribution in [1.29, 1.82) is 0 Å². The topological polar surface area (TPSA) is 63.3 Å². The maximum Gasteiger partial charge on any atom is 0.321 e. The maximum absolute atomic E-state index is 11.1. The second-order valence-electron chi connectivity index (χ2n) is 6.02. The Morgan fingerprint density at radius 1 is 1.50 bits per heavy atom. The van der Waals surface area contributed by atoms with Gasteiger partial charge < -0.3 is 10.8 Å². The van der Waals surface area contributed by atoms with E-state index in [9.17, 15) is 4.79 Å².